The molecule has 3 rings (SSSR count). The summed E-state index contributed by atoms with van der Waals surface area (Å²) in [6, 6.07) is 12.1. The third-order valence-electron chi connectivity index (χ3n) is 4.83. The smallest absolute Gasteiger partial charge is 0.270 e. The number of carbonyl (C=O) groups is 2. The number of anilines is 1. The van der Waals surface area contributed by atoms with Crippen LogP contribution in [0, 0.1) is 10.1 Å². The van der Waals surface area contributed by atoms with E-state index >= 15 is 0 Å². The molecule has 9 heteroatoms. The largest absolute Gasteiger partial charge is 0.379 e. The number of ether oxygens (including phenoxy) is 1. The van der Waals surface area contributed by atoms with Gasteiger partial charge < -0.3 is 15.4 Å². The maximum Gasteiger partial charge on any atom is 0.270 e. The highest BCUT2D eigenvalue weighted by molar-refractivity contribution is 6.01. The fraction of sp³-hybridized carbons (Fsp3) is 0.333. The van der Waals surface area contributed by atoms with Gasteiger partial charge in [0.05, 0.1) is 18.1 Å². The molecule has 1 unspecified atom stereocenters. The van der Waals surface area contributed by atoms with Crippen molar-refractivity contribution in [3.05, 3.63) is 69.8 Å². The number of benzene rings is 2. The molecule has 1 aliphatic rings. The standard InChI is InChI=1S/C21H24N4O5/c1-15(22-21(27)16-6-4-7-18(13-16)25(28)29)20(26)23-19-8-3-2-5-17(19)14-24-9-11-30-12-10-24/h2-8,13,15H,9-12,14H2,1H3,(H,22,27)(H,23,26). The zero-order valence-corrected chi connectivity index (χ0v) is 16.7. The van der Waals surface area contributed by atoms with E-state index < -0.39 is 16.9 Å². The lowest BCUT2D eigenvalue weighted by molar-refractivity contribution is -0.384. The van der Waals surface area contributed by atoms with E-state index in [1.54, 1.807) is 6.92 Å². The highest BCUT2D eigenvalue weighted by Crippen LogP contribution is 2.18. The van der Waals surface area contributed by atoms with Gasteiger partial charge in [-0.2, -0.15) is 0 Å². The van der Waals surface area contributed by atoms with Crippen LogP contribution < -0.4 is 10.6 Å². The van der Waals surface area contributed by atoms with E-state index in [-0.39, 0.29) is 17.2 Å². The number of nitro groups is 1. The number of para-hydroxylation sites is 1. The first-order chi connectivity index (χ1) is 14.4. The van der Waals surface area contributed by atoms with Crippen LogP contribution in [0.25, 0.3) is 0 Å². The predicted octanol–water partition coefficient (Wildman–Crippen LogP) is 2.18. The van der Waals surface area contributed by atoms with Gasteiger partial charge in [-0.1, -0.05) is 24.3 Å². The molecule has 0 aliphatic carbocycles. The first kappa shape index (κ1) is 21.4. The van der Waals surface area contributed by atoms with Crippen molar-refractivity contribution in [1.82, 2.24) is 10.2 Å². The molecule has 1 atom stereocenters. The predicted molar refractivity (Wildman–Crippen MR) is 111 cm³/mol. The van der Waals surface area contributed by atoms with Crippen LogP contribution in [0.4, 0.5) is 11.4 Å². The number of nitrogens with one attached hydrogen (secondary N) is 2. The van der Waals surface area contributed by atoms with Crippen LogP contribution in [-0.4, -0.2) is 54.0 Å². The highest BCUT2D eigenvalue weighted by atomic mass is 16.6. The Kier molecular flexibility index (Phi) is 7.10. The van der Waals surface area contributed by atoms with Crippen molar-refractivity contribution >= 4 is 23.2 Å². The van der Waals surface area contributed by atoms with Crippen LogP contribution in [0.5, 0.6) is 0 Å². The first-order valence-electron chi connectivity index (χ1n) is 9.68. The van der Waals surface area contributed by atoms with E-state index in [1.165, 1.54) is 24.3 Å². The van der Waals surface area contributed by atoms with E-state index in [9.17, 15) is 19.7 Å². The van der Waals surface area contributed by atoms with Crippen molar-refractivity contribution in [2.45, 2.75) is 19.5 Å². The van der Waals surface area contributed by atoms with Gasteiger partial charge in [0.1, 0.15) is 6.04 Å². The number of morpholine rings is 1. The number of nitrogens with zero attached hydrogens (tertiary/aromatic N) is 2. The highest BCUT2D eigenvalue weighted by Gasteiger charge is 2.20. The molecular weight excluding hydrogens is 388 g/mol. The van der Waals surface area contributed by atoms with E-state index in [0.29, 0.717) is 25.4 Å². The van der Waals surface area contributed by atoms with Crippen molar-refractivity contribution in [1.29, 1.82) is 0 Å². The second-order valence-corrected chi connectivity index (χ2v) is 7.04. The molecule has 30 heavy (non-hydrogen) atoms. The van der Waals surface area contributed by atoms with Gasteiger partial charge in [-0.15, -0.1) is 0 Å². The summed E-state index contributed by atoms with van der Waals surface area (Å²) in [5.41, 5.74) is 1.60. The van der Waals surface area contributed by atoms with Gasteiger partial charge in [-0.05, 0) is 24.6 Å². The van der Waals surface area contributed by atoms with Crippen molar-refractivity contribution in [2.75, 3.05) is 31.6 Å². The minimum Gasteiger partial charge on any atom is -0.379 e. The number of hydrogen-bond acceptors (Lipinski definition) is 6. The lowest BCUT2D eigenvalue weighted by Gasteiger charge is -2.27. The number of hydrogen-bond donors (Lipinski definition) is 2. The van der Waals surface area contributed by atoms with E-state index in [1.807, 2.05) is 24.3 Å². The average molecular weight is 412 g/mol. The van der Waals surface area contributed by atoms with Gasteiger partial charge in [0.2, 0.25) is 5.91 Å². The van der Waals surface area contributed by atoms with Crippen LogP contribution in [0.3, 0.4) is 0 Å². The minimum atomic E-state index is -0.826. The Morgan fingerprint density at radius 1 is 1.17 bits per heavy atom. The van der Waals surface area contributed by atoms with E-state index in [4.69, 9.17) is 4.74 Å². The molecule has 1 fully saturated rings. The Bertz CT molecular complexity index is 927. The van der Waals surface area contributed by atoms with Gasteiger partial charge in [-0.3, -0.25) is 24.6 Å². The zero-order valence-electron chi connectivity index (χ0n) is 16.7. The molecular formula is C21H24N4O5. The lowest BCUT2D eigenvalue weighted by atomic mass is 10.1. The van der Waals surface area contributed by atoms with Crippen molar-refractivity contribution < 1.29 is 19.2 Å². The van der Waals surface area contributed by atoms with E-state index in [0.717, 1.165) is 18.7 Å². The summed E-state index contributed by atoms with van der Waals surface area (Å²) in [7, 11) is 0. The molecule has 2 N–H and O–H groups in total. The average Bonchev–Trinajstić information content (AvgIpc) is 2.75. The van der Waals surface area contributed by atoms with E-state index in [2.05, 4.69) is 15.5 Å². The molecule has 2 amide bonds. The molecule has 0 spiro atoms. The molecule has 2 aromatic carbocycles. The number of nitro benzene ring substituents is 1. The number of carbonyl (C=O) groups excluding carboxylic acids is 2. The van der Waals surface area contributed by atoms with Crippen LogP contribution in [-0.2, 0) is 16.1 Å². The Balaban J connectivity index is 1.62. The van der Waals surface area contributed by atoms with Crippen LogP contribution >= 0.6 is 0 Å². The van der Waals surface area contributed by atoms with Crippen LogP contribution in [0.2, 0.25) is 0 Å². The SMILES string of the molecule is CC(NC(=O)c1cccc([N+](=O)[O-])c1)C(=O)Nc1ccccc1CN1CCOCC1. The monoisotopic (exact) mass is 412 g/mol. The lowest BCUT2D eigenvalue weighted by Crippen LogP contribution is -2.42. The summed E-state index contributed by atoms with van der Waals surface area (Å²) >= 11 is 0. The molecule has 158 valence electrons. The Hall–Kier alpha value is -3.30. The fourth-order valence-electron chi connectivity index (χ4n) is 3.13. The maximum absolute atomic E-state index is 12.6. The molecule has 2 aromatic rings. The third-order valence-corrected chi connectivity index (χ3v) is 4.83. The third kappa shape index (κ3) is 5.62. The fourth-order valence-corrected chi connectivity index (χ4v) is 3.13. The molecule has 9 nitrogen and oxygen atoms in total. The molecule has 0 aromatic heterocycles. The molecule has 0 radical (unpaired) electrons. The summed E-state index contributed by atoms with van der Waals surface area (Å²) in [5.74, 6) is -0.925. The van der Waals surface area contributed by atoms with Crippen molar-refractivity contribution in [3.8, 4) is 0 Å². The Morgan fingerprint density at radius 2 is 1.90 bits per heavy atom. The summed E-state index contributed by atoms with van der Waals surface area (Å²) in [6.07, 6.45) is 0. The first-order valence-corrected chi connectivity index (χ1v) is 9.68. The van der Waals surface area contributed by atoms with Gasteiger partial charge in [-0.25, -0.2) is 0 Å². The second kappa shape index (κ2) is 9.95. The molecule has 1 heterocycles. The van der Waals surface area contributed by atoms with Crippen LogP contribution in [0.1, 0.15) is 22.8 Å². The Labute approximate surface area is 174 Å². The summed E-state index contributed by atoms with van der Waals surface area (Å²) < 4.78 is 5.37. The van der Waals surface area contributed by atoms with Gasteiger partial charge in [0.25, 0.3) is 11.6 Å². The number of rotatable bonds is 7. The van der Waals surface area contributed by atoms with Gasteiger partial charge in [0, 0.05) is 43.0 Å². The maximum atomic E-state index is 12.6. The molecule has 0 bridgehead atoms. The number of amides is 2. The van der Waals surface area contributed by atoms with Gasteiger partial charge >= 0.3 is 0 Å². The summed E-state index contributed by atoms with van der Waals surface area (Å²) in [5, 5.41) is 16.3. The minimum absolute atomic E-state index is 0.122. The normalized spacial score (nSPS) is 15.2. The molecule has 1 saturated heterocycles. The Morgan fingerprint density at radius 3 is 2.63 bits per heavy atom. The van der Waals surface area contributed by atoms with Crippen LogP contribution in [0.15, 0.2) is 48.5 Å². The second-order valence-electron chi connectivity index (χ2n) is 7.04. The molecule has 1 aliphatic heterocycles. The quantitative estimate of drug-likeness (QED) is 0.532. The van der Waals surface area contributed by atoms with Gasteiger partial charge in [0.15, 0.2) is 0 Å². The summed E-state index contributed by atoms with van der Waals surface area (Å²) in [4.78, 5) is 37.6. The zero-order chi connectivity index (χ0) is 21.5. The number of non-ortho nitro benzene ring substituents is 1. The topological polar surface area (TPSA) is 114 Å². The molecule has 0 saturated carbocycles. The summed E-state index contributed by atoms with van der Waals surface area (Å²) in [6.45, 7) is 5.30. The van der Waals surface area contributed by atoms with Crippen molar-refractivity contribution in [3.63, 3.8) is 0 Å². The van der Waals surface area contributed by atoms with Crippen molar-refractivity contribution in [2.24, 2.45) is 0 Å².